The Hall–Kier alpha value is -1.80. The van der Waals surface area contributed by atoms with Gasteiger partial charge < -0.3 is 4.74 Å². The van der Waals surface area contributed by atoms with E-state index in [9.17, 15) is 31.1 Å². The summed E-state index contributed by atoms with van der Waals surface area (Å²) in [6.07, 6.45) is -9.25. The van der Waals surface area contributed by atoms with Gasteiger partial charge in [-0.15, -0.1) is 0 Å². The van der Waals surface area contributed by atoms with Crippen LogP contribution >= 0.6 is 0 Å². The Morgan fingerprint density at radius 3 is 2.45 bits per heavy atom. The van der Waals surface area contributed by atoms with Crippen molar-refractivity contribution in [3.63, 3.8) is 0 Å². The van der Waals surface area contributed by atoms with E-state index >= 15 is 0 Å². The molecule has 1 aromatic rings. The second kappa shape index (κ2) is 6.10. The third kappa shape index (κ3) is 3.84. The third-order valence-corrected chi connectivity index (χ3v) is 2.24. The fourth-order valence-electron chi connectivity index (χ4n) is 1.44. The number of halogens is 6. The molecule has 0 radical (unpaired) electrons. The van der Waals surface area contributed by atoms with Crippen LogP contribution in [0.1, 0.15) is 30.2 Å². The van der Waals surface area contributed by atoms with Crippen LogP contribution in [0.25, 0.3) is 0 Å². The van der Waals surface area contributed by atoms with Crippen molar-refractivity contribution in [3.05, 3.63) is 28.8 Å². The highest BCUT2D eigenvalue weighted by molar-refractivity contribution is 5.73. The summed E-state index contributed by atoms with van der Waals surface area (Å²) in [5.41, 5.74) is -3.73. The zero-order valence-electron chi connectivity index (χ0n) is 10.1. The van der Waals surface area contributed by atoms with Crippen molar-refractivity contribution in [2.75, 3.05) is 6.61 Å². The molecule has 1 heterocycles. The first kappa shape index (κ1) is 16.3. The van der Waals surface area contributed by atoms with Crippen molar-refractivity contribution < 1.29 is 35.9 Å². The number of rotatable bonds is 4. The number of ether oxygens (including phenoxy) is 1. The molecule has 112 valence electrons. The van der Waals surface area contributed by atoms with Crippen LogP contribution in [0.4, 0.5) is 26.3 Å². The topological polar surface area (TPSA) is 39.2 Å². The maximum atomic E-state index is 13.1. The van der Waals surface area contributed by atoms with Gasteiger partial charge in [-0.05, 0) is 18.6 Å². The van der Waals surface area contributed by atoms with Gasteiger partial charge in [0.25, 0.3) is 6.43 Å². The largest absolute Gasteiger partial charge is 0.466 e. The normalized spacial score (nSPS) is 11.8. The summed E-state index contributed by atoms with van der Waals surface area (Å²) in [5.74, 6) is -3.06. The van der Waals surface area contributed by atoms with Gasteiger partial charge >= 0.3 is 12.1 Å². The summed E-state index contributed by atoms with van der Waals surface area (Å²) in [7, 11) is 0. The lowest BCUT2D eigenvalue weighted by Gasteiger charge is -2.13. The minimum absolute atomic E-state index is 0.0659. The Morgan fingerprint density at radius 2 is 2.00 bits per heavy atom. The first-order chi connectivity index (χ1) is 9.16. The predicted octanol–water partition coefficient (Wildman–Crippen LogP) is 3.28. The van der Waals surface area contributed by atoms with E-state index in [1.165, 1.54) is 6.92 Å². The fraction of sp³-hybridized carbons (Fsp3) is 0.455. The number of carbonyl (C=O) groups is 1. The zero-order chi connectivity index (χ0) is 15.5. The molecule has 0 aliphatic rings. The number of aromatic nitrogens is 1. The molecule has 1 aromatic heterocycles. The minimum Gasteiger partial charge on any atom is -0.466 e. The molecular formula is C11H9F6NO2. The molecular weight excluding hydrogens is 292 g/mol. The number of hydrogen-bond donors (Lipinski definition) is 0. The number of carbonyl (C=O) groups excluding carboxylic acids is 1. The van der Waals surface area contributed by atoms with Crippen LogP contribution in [-0.4, -0.2) is 17.6 Å². The molecule has 0 spiro atoms. The number of nitrogens with zero attached hydrogens (tertiary/aromatic N) is 1. The van der Waals surface area contributed by atoms with E-state index in [-0.39, 0.29) is 12.7 Å². The van der Waals surface area contributed by atoms with E-state index < -0.39 is 47.8 Å². The summed E-state index contributed by atoms with van der Waals surface area (Å²) in [6, 6.07) is 0.154. The molecule has 3 nitrogen and oxygen atoms in total. The average Bonchev–Trinajstić information content (AvgIpc) is 2.29. The summed E-state index contributed by atoms with van der Waals surface area (Å²) in [5, 5.41) is 0. The summed E-state index contributed by atoms with van der Waals surface area (Å²) in [6.45, 7) is 1.37. The van der Waals surface area contributed by atoms with E-state index in [1.807, 2.05) is 0 Å². The number of pyridine rings is 1. The van der Waals surface area contributed by atoms with Gasteiger partial charge in [0, 0.05) is 0 Å². The lowest BCUT2D eigenvalue weighted by atomic mass is 10.1. The summed E-state index contributed by atoms with van der Waals surface area (Å²) < 4.78 is 80.2. The Balaban J connectivity index is 3.27. The number of hydrogen-bond acceptors (Lipinski definition) is 3. The second-order valence-corrected chi connectivity index (χ2v) is 3.65. The molecule has 0 aliphatic carbocycles. The van der Waals surface area contributed by atoms with Crippen molar-refractivity contribution in [1.82, 2.24) is 4.98 Å². The molecule has 0 atom stereocenters. The van der Waals surface area contributed by atoms with Gasteiger partial charge in [0.2, 0.25) is 5.95 Å². The van der Waals surface area contributed by atoms with Crippen molar-refractivity contribution in [3.8, 4) is 0 Å². The van der Waals surface area contributed by atoms with Crippen LogP contribution in [0.5, 0.6) is 0 Å². The Kier molecular flexibility index (Phi) is 4.96. The summed E-state index contributed by atoms with van der Waals surface area (Å²) in [4.78, 5) is 13.8. The molecule has 0 aliphatic heterocycles. The van der Waals surface area contributed by atoms with E-state index in [2.05, 4.69) is 9.72 Å². The Bertz CT molecular complexity index is 500. The van der Waals surface area contributed by atoms with Crippen LogP contribution in [0.3, 0.4) is 0 Å². The van der Waals surface area contributed by atoms with Crippen molar-refractivity contribution in [2.45, 2.75) is 25.9 Å². The van der Waals surface area contributed by atoms with E-state index in [0.29, 0.717) is 0 Å². The second-order valence-electron chi connectivity index (χ2n) is 3.65. The number of alkyl halides is 5. The SMILES string of the molecule is CCOC(=O)Cc1cc(C(F)(F)F)c(F)nc1C(F)F. The van der Waals surface area contributed by atoms with Crippen molar-refractivity contribution in [1.29, 1.82) is 0 Å². The van der Waals surface area contributed by atoms with Gasteiger partial charge in [-0.1, -0.05) is 0 Å². The van der Waals surface area contributed by atoms with Gasteiger partial charge in [0.05, 0.1) is 13.0 Å². The van der Waals surface area contributed by atoms with Crippen LogP contribution in [0.15, 0.2) is 6.07 Å². The quantitative estimate of drug-likeness (QED) is 0.487. The van der Waals surface area contributed by atoms with Gasteiger partial charge in [-0.2, -0.15) is 17.6 Å². The van der Waals surface area contributed by atoms with E-state index in [1.54, 1.807) is 0 Å². The molecule has 0 saturated heterocycles. The third-order valence-electron chi connectivity index (χ3n) is 2.24. The Labute approximate surface area is 109 Å². The van der Waals surface area contributed by atoms with E-state index in [0.717, 1.165) is 0 Å². The zero-order valence-corrected chi connectivity index (χ0v) is 10.1. The molecule has 0 aromatic carbocycles. The van der Waals surface area contributed by atoms with Gasteiger partial charge in [0.15, 0.2) is 0 Å². The standard InChI is InChI=1S/C11H9F6NO2/c1-2-20-7(19)4-5-3-6(11(15,16)17)10(14)18-8(5)9(12)13/h3,9H,2,4H2,1H3. The average molecular weight is 301 g/mol. The summed E-state index contributed by atoms with van der Waals surface area (Å²) >= 11 is 0. The lowest BCUT2D eigenvalue weighted by molar-refractivity contribution is -0.143. The number of esters is 1. The first-order valence-electron chi connectivity index (χ1n) is 5.37. The molecule has 0 N–H and O–H groups in total. The fourth-order valence-corrected chi connectivity index (χ4v) is 1.44. The molecule has 9 heteroatoms. The monoisotopic (exact) mass is 301 g/mol. The molecule has 1 rings (SSSR count). The predicted molar refractivity (Wildman–Crippen MR) is 54.5 cm³/mol. The van der Waals surface area contributed by atoms with Gasteiger partial charge in [-0.25, -0.2) is 13.8 Å². The maximum Gasteiger partial charge on any atom is 0.420 e. The molecule has 20 heavy (non-hydrogen) atoms. The highest BCUT2D eigenvalue weighted by Crippen LogP contribution is 2.33. The van der Waals surface area contributed by atoms with Gasteiger partial charge in [-0.3, -0.25) is 4.79 Å². The van der Waals surface area contributed by atoms with Crippen LogP contribution < -0.4 is 0 Å². The maximum absolute atomic E-state index is 13.1. The molecule has 0 saturated carbocycles. The molecule has 0 unspecified atom stereocenters. The Morgan fingerprint density at radius 1 is 1.40 bits per heavy atom. The van der Waals surface area contributed by atoms with Crippen LogP contribution in [0.2, 0.25) is 0 Å². The van der Waals surface area contributed by atoms with Crippen molar-refractivity contribution >= 4 is 5.97 Å². The lowest BCUT2D eigenvalue weighted by Crippen LogP contribution is -2.16. The van der Waals surface area contributed by atoms with Crippen LogP contribution in [-0.2, 0) is 22.1 Å². The molecule has 0 amide bonds. The minimum atomic E-state index is -5.10. The smallest absolute Gasteiger partial charge is 0.420 e. The molecule has 0 bridgehead atoms. The molecule has 0 fully saturated rings. The highest BCUT2D eigenvalue weighted by Gasteiger charge is 2.37. The van der Waals surface area contributed by atoms with Crippen molar-refractivity contribution in [2.24, 2.45) is 0 Å². The van der Waals surface area contributed by atoms with E-state index in [4.69, 9.17) is 0 Å². The van der Waals surface area contributed by atoms with Crippen LogP contribution in [0, 0.1) is 5.95 Å². The van der Waals surface area contributed by atoms with Gasteiger partial charge in [0.1, 0.15) is 11.3 Å². The first-order valence-corrected chi connectivity index (χ1v) is 5.37. The highest BCUT2D eigenvalue weighted by atomic mass is 19.4.